The van der Waals surface area contributed by atoms with E-state index < -0.39 is 62.0 Å². The molecule has 0 radical (unpaired) electrons. The molecule has 0 saturated heterocycles. The van der Waals surface area contributed by atoms with Crippen molar-refractivity contribution in [1.29, 1.82) is 0 Å². The van der Waals surface area contributed by atoms with Crippen LogP contribution in [0.2, 0.25) is 0 Å². The zero-order chi connectivity index (χ0) is 18.9. The topological polar surface area (TPSA) is 0 Å². The molecule has 13 heteroatoms. The number of alkyl halides is 13. The van der Waals surface area contributed by atoms with E-state index >= 15 is 0 Å². The lowest BCUT2D eigenvalue weighted by Gasteiger charge is -2.29. The van der Waals surface area contributed by atoms with E-state index in [1.165, 1.54) is 0 Å². The molecule has 0 aliphatic heterocycles. The molecule has 0 heterocycles. The first-order chi connectivity index (χ1) is 9.79. The van der Waals surface area contributed by atoms with Gasteiger partial charge in [0.05, 0.1) is 0 Å². The predicted octanol–water partition coefficient (Wildman–Crippen LogP) is 6.12. The lowest BCUT2D eigenvalue weighted by molar-refractivity contribution is -0.302. The van der Waals surface area contributed by atoms with E-state index in [0.29, 0.717) is 0 Å². The van der Waals surface area contributed by atoms with Crippen LogP contribution in [0.4, 0.5) is 57.1 Å². The van der Waals surface area contributed by atoms with Crippen LogP contribution in [0, 0.1) is 5.92 Å². The quantitative estimate of drug-likeness (QED) is 0.490. The minimum atomic E-state index is -6.28. The minimum absolute atomic E-state index is 1.72. The SMILES string of the molecule is FC(F)(F)CCC(CC(F)(F)C(F)(F)F)CC(F)(F)C(F)(F)F. The van der Waals surface area contributed by atoms with Gasteiger partial charge in [0.15, 0.2) is 0 Å². The molecule has 0 unspecified atom stereocenters. The highest BCUT2D eigenvalue weighted by Gasteiger charge is 2.61. The van der Waals surface area contributed by atoms with Gasteiger partial charge < -0.3 is 0 Å². The van der Waals surface area contributed by atoms with Crippen LogP contribution in [0.1, 0.15) is 25.7 Å². The standard InChI is InChI=1S/C10H9F13/c11-6(12,9(18,19)20)3-5(1-2-8(15,16)17)4-7(13,14)10(21,22)23/h5H,1-4H2. The summed E-state index contributed by atoms with van der Waals surface area (Å²) in [5, 5.41) is 0. The summed E-state index contributed by atoms with van der Waals surface area (Å²) in [7, 11) is 0. The van der Waals surface area contributed by atoms with Gasteiger partial charge in [-0.15, -0.1) is 0 Å². The molecular formula is C10H9F13. The molecule has 0 amide bonds. The van der Waals surface area contributed by atoms with Crippen molar-refractivity contribution in [3.63, 3.8) is 0 Å². The molecule has 0 bridgehead atoms. The maximum Gasteiger partial charge on any atom is 0.453 e. The van der Waals surface area contributed by atoms with Crippen LogP contribution in [-0.2, 0) is 0 Å². The number of hydrogen-bond donors (Lipinski definition) is 0. The molecule has 0 aliphatic rings. The summed E-state index contributed by atoms with van der Waals surface area (Å²) in [4.78, 5) is 0. The van der Waals surface area contributed by atoms with E-state index in [1.807, 2.05) is 0 Å². The summed E-state index contributed by atoms with van der Waals surface area (Å²) >= 11 is 0. The molecule has 23 heavy (non-hydrogen) atoms. The van der Waals surface area contributed by atoms with Gasteiger partial charge in [-0.1, -0.05) is 0 Å². The number of halogens is 13. The molecule has 0 aromatic rings. The second-order valence-corrected chi connectivity index (χ2v) is 4.83. The molecule has 0 fully saturated rings. The average Bonchev–Trinajstić information content (AvgIpc) is 2.20. The monoisotopic (exact) mass is 376 g/mol. The van der Waals surface area contributed by atoms with Gasteiger partial charge in [-0.3, -0.25) is 0 Å². The van der Waals surface area contributed by atoms with Crippen LogP contribution in [0.5, 0.6) is 0 Å². The lowest BCUT2D eigenvalue weighted by Crippen LogP contribution is -2.42. The summed E-state index contributed by atoms with van der Waals surface area (Å²) < 4.78 is 158. The normalized spacial score (nSPS) is 15.4. The Morgan fingerprint density at radius 1 is 0.522 bits per heavy atom. The Morgan fingerprint density at radius 2 is 0.826 bits per heavy atom. The van der Waals surface area contributed by atoms with Crippen LogP contribution in [0.25, 0.3) is 0 Å². The second-order valence-electron chi connectivity index (χ2n) is 4.83. The molecule has 0 atom stereocenters. The molecule has 0 spiro atoms. The van der Waals surface area contributed by atoms with Crippen molar-refractivity contribution in [3.8, 4) is 0 Å². The second kappa shape index (κ2) is 6.54. The molecule has 0 rings (SSSR count). The summed E-state index contributed by atoms with van der Waals surface area (Å²) in [6.45, 7) is 0. The Balaban J connectivity index is 5.26. The first-order valence-electron chi connectivity index (χ1n) is 5.74. The fraction of sp³-hybridized carbons (Fsp3) is 1.00. The minimum Gasteiger partial charge on any atom is -0.196 e. The molecule has 0 aromatic carbocycles. The Hall–Kier alpha value is -0.910. The van der Waals surface area contributed by atoms with Crippen LogP contribution in [0.15, 0.2) is 0 Å². The van der Waals surface area contributed by atoms with Gasteiger partial charge in [0.25, 0.3) is 0 Å². The van der Waals surface area contributed by atoms with E-state index in [0.717, 1.165) is 0 Å². The van der Waals surface area contributed by atoms with Gasteiger partial charge in [-0.25, -0.2) is 0 Å². The summed E-state index contributed by atoms with van der Waals surface area (Å²) in [6.07, 6.45) is -26.7. The first-order valence-corrected chi connectivity index (χ1v) is 5.74. The molecule has 140 valence electrons. The van der Waals surface area contributed by atoms with E-state index in [4.69, 9.17) is 0 Å². The van der Waals surface area contributed by atoms with Crippen LogP contribution >= 0.6 is 0 Å². The fourth-order valence-corrected chi connectivity index (χ4v) is 1.60. The van der Waals surface area contributed by atoms with Gasteiger partial charge in [-0.05, 0) is 12.3 Å². The molecule has 0 N–H and O–H groups in total. The third-order valence-electron chi connectivity index (χ3n) is 2.76. The van der Waals surface area contributed by atoms with Crippen LogP contribution < -0.4 is 0 Å². The van der Waals surface area contributed by atoms with Gasteiger partial charge >= 0.3 is 30.4 Å². The first kappa shape index (κ1) is 22.1. The van der Waals surface area contributed by atoms with Crippen molar-refractivity contribution < 1.29 is 57.1 Å². The Morgan fingerprint density at radius 3 is 1.04 bits per heavy atom. The third-order valence-corrected chi connectivity index (χ3v) is 2.76. The Kier molecular flexibility index (Phi) is 6.28. The summed E-state index contributed by atoms with van der Waals surface area (Å²) in [6, 6.07) is 0. The zero-order valence-corrected chi connectivity index (χ0v) is 10.8. The highest BCUT2D eigenvalue weighted by molar-refractivity contribution is 4.85. The number of rotatable bonds is 6. The Bertz CT molecular complexity index is 344. The molecule has 0 aromatic heterocycles. The van der Waals surface area contributed by atoms with E-state index in [1.54, 1.807) is 0 Å². The van der Waals surface area contributed by atoms with E-state index in [2.05, 4.69) is 0 Å². The smallest absolute Gasteiger partial charge is 0.196 e. The number of hydrogen-bond acceptors (Lipinski definition) is 0. The molecule has 0 aliphatic carbocycles. The maximum atomic E-state index is 12.7. The zero-order valence-electron chi connectivity index (χ0n) is 10.8. The van der Waals surface area contributed by atoms with Crippen molar-refractivity contribution in [3.05, 3.63) is 0 Å². The van der Waals surface area contributed by atoms with Gasteiger partial charge in [-0.2, -0.15) is 57.1 Å². The molecular weight excluding hydrogens is 367 g/mol. The largest absolute Gasteiger partial charge is 0.453 e. The van der Waals surface area contributed by atoms with Gasteiger partial charge in [0, 0.05) is 19.3 Å². The van der Waals surface area contributed by atoms with E-state index in [-0.39, 0.29) is 0 Å². The predicted molar refractivity (Wildman–Crippen MR) is 50.0 cm³/mol. The van der Waals surface area contributed by atoms with Crippen molar-refractivity contribution in [2.45, 2.75) is 56.1 Å². The van der Waals surface area contributed by atoms with Crippen LogP contribution in [0.3, 0.4) is 0 Å². The van der Waals surface area contributed by atoms with Crippen molar-refractivity contribution in [2.24, 2.45) is 5.92 Å². The van der Waals surface area contributed by atoms with Crippen molar-refractivity contribution in [1.82, 2.24) is 0 Å². The summed E-state index contributed by atoms with van der Waals surface area (Å²) in [5.41, 5.74) is 0. The van der Waals surface area contributed by atoms with Crippen molar-refractivity contribution >= 4 is 0 Å². The highest BCUT2D eigenvalue weighted by atomic mass is 19.4. The van der Waals surface area contributed by atoms with Gasteiger partial charge in [0.2, 0.25) is 0 Å². The molecule has 0 nitrogen and oxygen atoms in total. The van der Waals surface area contributed by atoms with Crippen LogP contribution in [-0.4, -0.2) is 30.4 Å². The Labute approximate surface area is 120 Å². The van der Waals surface area contributed by atoms with Crippen molar-refractivity contribution in [2.75, 3.05) is 0 Å². The van der Waals surface area contributed by atoms with Gasteiger partial charge in [0.1, 0.15) is 0 Å². The average molecular weight is 376 g/mol. The lowest BCUT2D eigenvalue weighted by atomic mass is 9.89. The maximum absolute atomic E-state index is 12.7. The van der Waals surface area contributed by atoms with E-state index in [9.17, 15) is 57.1 Å². The fourth-order valence-electron chi connectivity index (χ4n) is 1.60. The third kappa shape index (κ3) is 7.02. The summed E-state index contributed by atoms with van der Waals surface area (Å²) in [5.74, 6) is -14.2. The molecule has 0 saturated carbocycles. The highest BCUT2D eigenvalue weighted by Crippen LogP contribution is 2.47.